The highest BCUT2D eigenvalue weighted by atomic mass is 32.2. The van der Waals surface area contributed by atoms with E-state index in [9.17, 15) is 13.2 Å². The minimum atomic E-state index is -3.69. The van der Waals surface area contributed by atoms with Crippen LogP contribution in [0.1, 0.15) is 37.2 Å². The maximum Gasteiger partial charge on any atom is 0.243 e. The third-order valence-electron chi connectivity index (χ3n) is 8.22. The number of carbonyl (C=O) groups is 1. The van der Waals surface area contributed by atoms with Crippen molar-refractivity contribution >= 4 is 15.9 Å². The normalized spacial score (nSPS) is 20.7. The first-order valence-corrected chi connectivity index (χ1v) is 15.1. The molecule has 202 valence electrons. The Balaban J connectivity index is 1.10. The molecule has 3 aliphatic heterocycles. The molecule has 4 aliphatic rings. The molecule has 6 rings (SSSR count). The van der Waals surface area contributed by atoms with Gasteiger partial charge in [0.05, 0.1) is 10.8 Å². The molecular formula is C29H35N3O5S. The van der Waals surface area contributed by atoms with Gasteiger partial charge in [-0.3, -0.25) is 4.79 Å². The van der Waals surface area contributed by atoms with Gasteiger partial charge < -0.3 is 19.7 Å². The number of benzene rings is 2. The molecule has 1 amide bonds. The summed E-state index contributed by atoms with van der Waals surface area (Å²) in [4.78, 5) is 15.8. The van der Waals surface area contributed by atoms with Crippen molar-refractivity contribution in [2.24, 2.45) is 5.92 Å². The van der Waals surface area contributed by atoms with Gasteiger partial charge in [0.25, 0.3) is 0 Å². The van der Waals surface area contributed by atoms with Gasteiger partial charge in [-0.1, -0.05) is 43.2 Å². The molecule has 38 heavy (non-hydrogen) atoms. The van der Waals surface area contributed by atoms with E-state index < -0.39 is 10.0 Å². The maximum absolute atomic E-state index is 13.7. The van der Waals surface area contributed by atoms with Gasteiger partial charge in [-0.15, -0.1) is 0 Å². The van der Waals surface area contributed by atoms with Crippen LogP contribution in [0.25, 0.3) is 0 Å². The Hall–Kier alpha value is -2.88. The van der Waals surface area contributed by atoms with Crippen LogP contribution < -0.4 is 14.8 Å². The van der Waals surface area contributed by atoms with Crippen molar-refractivity contribution in [3.63, 3.8) is 0 Å². The van der Waals surface area contributed by atoms with Crippen molar-refractivity contribution in [1.82, 2.24) is 14.5 Å². The molecule has 2 aromatic carbocycles. The zero-order valence-corrected chi connectivity index (χ0v) is 22.4. The first-order chi connectivity index (χ1) is 18.5. The SMILES string of the molecule is O=C([C@@H](CNCC1CCCC1)c1ccccc1)N1CC2=C(C1)CN(S(=O)(=O)c1ccc3c(c1)OCCO3)C2. The summed E-state index contributed by atoms with van der Waals surface area (Å²) in [5, 5.41) is 3.58. The summed E-state index contributed by atoms with van der Waals surface area (Å²) in [5.74, 6) is 1.58. The molecular weight excluding hydrogens is 502 g/mol. The van der Waals surface area contributed by atoms with Crippen LogP contribution in [0, 0.1) is 5.92 Å². The molecule has 0 radical (unpaired) electrons. The van der Waals surface area contributed by atoms with E-state index in [0.29, 0.717) is 63.4 Å². The van der Waals surface area contributed by atoms with Gasteiger partial charge in [0, 0.05) is 38.8 Å². The lowest BCUT2D eigenvalue weighted by molar-refractivity contribution is -0.131. The highest BCUT2D eigenvalue weighted by molar-refractivity contribution is 7.89. The fourth-order valence-corrected chi connectivity index (χ4v) is 7.55. The number of nitrogens with zero attached hydrogens (tertiary/aromatic N) is 2. The molecule has 0 spiro atoms. The zero-order valence-electron chi connectivity index (χ0n) is 21.6. The molecule has 1 aliphatic carbocycles. The molecule has 1 fully saturated rings. The number of ether oxygens (including phenoxy) is 2. The number of sulfonamides is 1. The third-order valence-corrected chi connectivity index (χ3v) is 10.0. The number of amides is 1. The second kappa shape index (κ2) is 10.7. The monoisotopic (exact) mass is 537 g/mol. The molecule has 9 heteroatoms. The van der Waals surface area contributed by atoms with Crippen molar-refractivity contribution < 1.29 is 22.7 Å². The largest absolute Gasteiger partial charge is 0.486 e. The summed E-state index contributed by atoms with van der Waals surface area (Å²) >= 11 is 0. The quantitative estimate of drug-likeness (QED) is 0.521. The Bertz CT molecular complexity index is 1300. The molecule has 1 saturated carbocycles. The van der Waals surface area contributed by atoms with E-state index >= 15 is 0 Å². The van der Waals surface area contributed by atoms with E-state index in [-0.39, 0.29) is 16.7 Å². The van der Waals surface area contributed by atoms with Crippen LogP contribution in [-0.4, -0.2) is 76.0 Å². The van der Waals surface area contributed by atoms with Crippen LogP contribution in [-0.2, 0) is 14.8 Å². The van der Waals surface area contributed by atoms with Crippen molar-refractivity contribution in [1.29, 1.82) is 0 Å². The number of rotatable bonds is 8. The average Bonchev–Trinajstić information content (AvgIpc) is 3.69. The van der Waals surface area contributed by atoms with E-state index in [0.717, 1.165) is 23.3 Å². The van der Waals surface area contributed by atoms with Crippen molar-refractivity contribution in [2.75, 3.05) is 52.5 Å². The molecule has 0 unspecified atom stereocenters. The van der Waals surface area contributed by atoms with Crippen LogP contribution in [0.4, 0.5) is 0 Å². The lowest BCUT2D eigenvalue weighted by atomic mass is 9.97. The fourth-order valence-electron chi connectivity index (χ4n) is 6.10. The molecule has 1 N–H and O–H groups in total. The molecule has 0 bridgehead atoms. The van der Waals surface area contributed by atoms with Gasteiger partial charge in [0.15, 0.2) is 11.5 Å². The first kappa shape index (κ1) is 25.4. The Kier molecular flexibility index (Phi) is 7.16. The van der Waals surface area contributed by atoms with Gasteiger partial charge in [-0.05, 0) is 54.1 Å². The molecule has 0 aromatic heterocycles. The van der Waals surface area contributed by atoms with Crippen LogP contribution in [0.3, 0.4) is 0 Å². The molecule has 0 saturated heterocycles. The summed E-state index contributed by atoms with van der Waals surface area (Å²) in [7, 11) is -3.69. The Morgan fingerprint density at radius 1 is 0.921 bits per heavy atom. The Morgan fingerprint density at radius 2 is 1.61 bits per heavy atom. The van der Waals surface area contributed by atoms with E-state index in [2.05, 4.69) is 5.32 Å². The summed E-state index contributed by atoms with van der Waals surface area (Å²) in [6, 6.07) is 14.8. The minimum absolute atomic E-state index is 0.103. The number of fused-ring (bicyclic) bond motifs is 1. The predicted octanol–water partition coefficient (Wildman–Crippen LogP) is 3.16. The standard InChI is InChI=1S/C29H35N3O5S/c33-29(26(22-8-2-1-3-9-22)16-30-15-21-6-4-5-7-21)31-17-23-19-32(20-24(23)18-31)38(34,35)25-10-11-27-28(14-25)37-13-12-36-27/h1-3,8-11,14,21,26,30H,4-7,12-13,15-20H2/t26-/m0/s1. The lowest BCUT2D eigenvalue weighted by Crippen LogP contribution is -2.41. The van der Waals surface area contributed by atoms with Crippen LogP contribution >= 0.6 is 0 Å². The molecule has 3 heterocycles. The van der Waals surface area contributed by atoms with Crippen molar-refractivity contribution in [3.05, 3.63) is 65.2 Å². The van der Waals surface area contributed by atoms with Crippen LogP contribution in [0.15, 0.2) is 64.6 Å². The van der Waals surface area contributed by atoms with Crippen LogP contribution in [0.5, 0.6) is 11.5 Å². The fraction of sp³-hybridized carbons (Fsp3) is 0.483. The second-order valence-corrected chi connectivity index (χ2v) is 12.7. The van der Waals surface area contributed by atoms with E-state index in [1.54, 1.807) is 18.2 Å². The number of carbonyl (C=O) groups excluding carboxylic acids is 1. The Morgan fingerprint density at radius 3 is 2.32 bits per heavy atom. The van der Waals surface area contributed by atoms with Gasteiger partial charge in [-0.2, -0.15) is 4.31 Å². The molecule has 2 aromatic rings. The zero-order chi connectivity index (χ0) is 26.1. The number of nitrogens with one attached hydrogen (secondary N) is 1. The summed E-state index contributed by atoms with van der Waals surface area (Å²) in [6.07, 6.45) is 5.15. The Labute approximate surface area is 224 Å². The minimum Gasteiger partial charge on any atom is -0.486 e. The van der Waals surface area contributed by atoms with Crippen molar-refractivity contribution in [2.45, 2.75) is 36.5 Å². The van der Waals surface area contributed by atoms with Gasteiger partial charge in [0.2, 0.25) is 15.9 Å². The second-order valence-electron chi connectivity index (χ2n) is 10.8. The van der Waals surface area contributed by atoms with E-state index in [4.69, 9.17) is 9.47 Å². The first-order valence-electron chi connectivity index (χ1n) is 13.6. The molecule has 1 atom stereocenters. The number of hydrogen-bond donors (Lipinski definition) is 1. The summed E-state index contributed by atoms with van der Waals surface area (Å²) in [5.41, 5.74) is 3.08. The number of hydrogen-bond acceptors (Lipinski definition) is 6. The summed E-state index contributed by atoms with van der Waals surface area (Å²) in [6.45, 7) is 4.01. The van der Waals surface area contributed by atoms with E-state index in [1.807, 2.05) is 35.2 Å². The lowest BCUT2D eigenvalue weighted by Gasteiger charge is -2.27. The van der Waals surface area contributed by atoms with Gasteiger partial charge in [0.1, 0.15) is 13.2 Å². The third kappa shape index (κ3) is 5.07. The maximum atomic E-state index is 13.7. The van der Waals surface area contributed by atoms with E-state index in [1.165, 1.54) is 30.0 Å². The van der Waals surface area contributed by atoms with Crippen LogP contribution in [0.2, 0.25) is 0 Å². The highest BCUT2D eigenvalue weighted by Crippen LogP contribution is 2.36. The molecule has 8 nitrogen and oxygen atoms in total. The van der Waals surface area contributed by atoms with Crippen molar-refractivity contribution in [3.8, 4) is 11.5 Å². The van der Waals surface area contributed by atoms with Gasteiger partial charge in [-0.25, -0.2) is 8.42 Å². The smallest absolute Gasteiger partial charge is 0.243 e. The topological polar surface area (TPSA) is 88.2 Å². The summed E-state index contributed by atoms with van der Waals surface area (Å²) < 4.78 is 39.4. The van der Waals surface area contributed by atoms with Gasteiger partial charge >= 0.3 is 0 Å². The average molecular weight is 538 g/mol. The predicted molar refractivity (Wildman–Crippen MR) is 144 cm³/mol. The highest BCUT2D eigenvalue weighted by Gasteiger charge is 2.39.